The highest BCUT2D eigenvalue weighted by Crippen LogP contribution is 2.35. The zero-order chi connectivity index (χ0) is 19.2. The molecule has 0 spiro atoms. The molecule has 0 bridgehead atoms. The van der Waals surface area contributed by atoms with Gasteiger partial charge in [0.15, 0.2) is 15.0 Å². The summed E-state index contributed by atoms with van der Waals surface area (Å²) in [5.74, 6) is 0.588. The average Bonchev–Trinajstić information content (AvgIpc) is 3.24. The second-order valence-electron chi connectivity index (χ2n) is 6.05. The van der Waals surface area contributed by atoms with Gasteiger partial charge < -0.3 is 14.6 Å². The second kappa shape index (κ2) is 7.57. The number of nitrogens with zero attached hydrogens (tertiary/aromatic N) is 3. The lowest BCUT2D eigenvalue weighted by atomic mass is 10.3. The van der Waals surface area contributed by atoms with E-state index in [-0.39, 0.29) is 23.1 Å². The van der Waals surface area contributed by atoms with Crippen molar-refractivity contribution in [2.75, 3.05) is 18.2 Å². The summed E-state index contributed by atoms with van der Waals surface area (Å²) in [5, 5.41) is 3.85. The van der Waals surface area contributed by atoms with Gasteiger partial charge in [0.2, 0.25) is 0 Å². The Morgan fingerprint density at radius 2 is 2.00 bits per heavy atom. The van der Waals surface area contributed by atoms with Crippen molar-refractivity contribution in [1.29, 1.82) is 0 Å². The largest absolute Gasteiger partial charge is 0.495 e. The number of methoxy groups -OCH3 is 1. The number of sulfone groups is 1. The lowest BCUT2D eigenvalue weighted by molar-refractivity contribution is 0.416. The Morgan fingerprint density at radius 3 is 2.71 bits per heavy atom. The minimum absolute atomic E-state index is 0. The number of aromatic nitrogens is 3. The van der Waals surface area contributed by atoms with E-state index in [1.807, 2.05) is 23.7 Å². The number of benzene rings is 2. The lowest BCUT2D eigenvalue weighted by Crippen LogP contribution is -2.05. The van der Waals surface area contributed by atoms with E-state index in [0.29, 0.717) is 16.6 Å². The van der Waals surface area contributed by atoms with Crippen molar-refractivity contribution >= 4 is 65.7 Å². The quantitative estimate of drug-likeness (QED) is 0.503. The maximum absolute atomic E-state index is 12.2. The van der Waals surface area contributed by atoms with Gasteiger partial charge in [0.1, 0.15) is 16.8 Å². The summed E-state index contributed by atoms with van der Waals surface area (Å²) in [6.07, 6.45) is 1.76. The van der Waals surface area contributed by atoms with Gasteiger partial charge in [0, 0.05) is 7.05 Å². The van der Waals surface area contributed by atoms with Crippen LogP contribution in [0.2, 0.25) is 0 Å². The number of fused-ring (bicyclic) bond motifs is 3. The van der Waals surface area contributed by atoms with Crippen LogP contribution in [0.4, 0.5) is 10.8 Å². The molecule has 2 heterocycles. The minimum Gasteiger partial charge on any atom is -0.495 e. The molecule has 0 aliphatic carbocycles. The van der Waals surface area contributed by atoms with E-state index < -0.39 is 9.84 Å². The van der Waals surface area contributed by atoms with Gasteiger partial charge >= 0.3 is 0 Å². The maximum atomic E-state index is 12.2. The number of rotatable bonds is 5. The second-order valence-corrected chi connectivity index (χ2v) is 9.35. The van der Waals surface area contributed by atoms with Crippen LogP contribution in [0.5, 0.6) is 5.75 Å². The van der Waals surface area contributed by atoms with Crippen LogP contribution in [0.3, 0.4) is 0 Å². The molecule has 148 valence electrons. The molecule has 28 heavy (non-hydrogen) atoms. The van der Waals surface area contributed by atoms with Crippen LogP contribution in [-0.2, 0) is 16.9 Å². The third kappa shape index (κ3) is 3.41. The van der Waals surface area contributed by atoms with Crippen LogP contribution >= 0.6 is 23.7 Å². The summed E-state index contributed by atoms with van der Waals surface area (Å²) in [6.45, 7) is 1.62. The Hall–Kier alpha value is -2.36. The number of thiazole rings is 1. The number of hydrogen-bond donors (Lipinski definition) is 1. The molecule has 0 amide bonds. The van der Waals surface area contributed by atoms with E-state index in [1.165, 1.54) is 11.3 Å². The molecule has 1 N–H and O–H groups in total. The molecule has 0 fully saturated rings. The van der Waals surface area contributed by atoms with E-state index in [0.717, 1.165) is 21.3 Å². The number of imidazole rings is 1. The van der Waals surface area contributed by atoms with Gasteiger partial charge in [-0.1, -0.05) is 18.3 Å². The molecule has 7 nitrogen and oxygen atoms in total. The third-order valence-electron chi connectivity index (χ3n) is 4.40. The van der Waals surface area contributed by atoms with Gasteiger partial charge in [0.25, 0.3) is 0 Å². The van der Waals surface area contributed by atoms with E-state index in [2.05, 4.69) is 15.3 Å². The molecule has 0 unspecified atom stereocenters. The van der Waals surface area contributed by atoms with Crippen molar-refractivity contribution in [3.8, 4) is 5.75 Å². The molecule has 0 aliphatic heterocycles. The number of nitrogens with one attached hydrogen (secondary N) is 1. The summed E-state index contributed by atoms with van der Waals surface area (Å²) < 4.78 is 32.7. The predicted molar refractivity (Wildman–Crippen MR) is 115 cm³/mol. The van der Waals surface area contributed by atoms with Crippen molar-refractivity contribution in [1.82, 2.24) is 14.5 Å². The van der Waals surface area contributed by atoms with Crippen LogP contribution in [0.15, 0.2) is 41.6 Å². The molecule has 0 saturated heterocycles. The third-order valence-corrected chi connectivity index (χ3v) is 7.07. The Bertz CT molecular complexity index is 1260. The molecule has 4 aromatic rings. The minimum atomic E-state index is -3.31. The van der Waals surface area contributed by atoms with Gasteiger partial charge in [-0.05, 0) is 30.3 Å². The molecular formula is C18H19ClN4O3S2. The maximum Gasteiger partial charge on any atom is 0.188 e. The molecule has 0 saturated carbocycles. The number of hydrogen-bond acceptors (Lipinski definition) is 7. The first-order chi connectivity index (χ1) is 12.9. The van der Waals surface area contributed by atoms with E-state index in [1.54, 1.807) is 38.6 Å². The van der Waals surface area contributed by atoms with Gasteiger partial charge in [-0.2, -0.15) is 0 Å². The van der Waals surface area contributed by atoms with Crippen LogP contribution in [-0.4, -0.2) is 35.8 Å². The zero-order valence-electron chi connectivity index (χ0n) is 15.5. The number of ether oxygens (including phenoxy) is 1. The van der Waals surface area contributed by atoms with E-state index in [9.17, 15) is 8.42 Å². The smallest absolute Gasteiger partial charge is 0.188 e. The van der Waals surface area contributed by atoms with Crippen LogP contribution in [0.25, 0.3) is 21.3 Å². The number of halogens is 1. The summed E-state index contributed by atoms with van der Waals surface area (Å²) >= 11 is 1.48. The van der Waals surface area contributed by atoms with Crippen molar-refractivity contribution in [3.63, 3.8) is 0 Å². The van der Waals surface area contributed by atoms with Crippen molar-refractivity contribution in [2.45, 2.75) is 11.8 Å². The summed E-state index contributed by atoms with van der Waals surface area (Å²) in [5.41, 5.74) is 3.22. The molecule has 4 rings (SSSR count). The van der Waals surface area contributed by atoms with E-state index >= 15 is 0 Å². The fraction of sp³-hybridized carbons (Fsp3) is 0.222. The first-order valence-electron chi connectivity index (χ1n) is 8.31. The molecule has 0 aliphatic rings. The topological polar surface area (TPSA) is 86.1 Å². The first-order valence-corrected chi connectivity index (χ1v) is 10.8. The van der Waals surface area contributed by atoms with Gasteiger partial charge in [-0.3, -0.25) is 0 Å². The Kier molecular flexibility index (Phi) is 5.51. The van der Waals surface area contributed by atoms with E-state index in [4.69, 9.17) is 4.74 Å². The Morgan fingerprint density at radius 1 is 1.21 bits per heavy atom. The predicted octanol–water partition coefficient (Wildman–Crippen LogP) is 4.15. The summed E-state index contributed by atoms with van der Waals surface area (Å²) in [6, 6.07) is 8.81. The number of anilines is 2. The monoisotopic (exact) mass is 438 g/mol. The Balaban J connectivity index is 0.00000225. The molecular weight excluding hydrogens is 420 g/mol. The Labute approximate surface area is 172 Å². The molecule has 0 radical (unpaired) electrons. The SMILES string of the molecule is CCS(=O)(=O)c1ccc(OC)c(Nc2nc3c(ccc4c3ncn4C)s2)c1.Cl. The number of aryl methyl sites for hydroxylation is 1. The molecule has 0 atom stereocenters. The van der Waals surface area contributed by atoms with Crippen LogP contribution in [0, 0.1) is 0 Å². The molecule has 2 aromatic heterocycles. The highest BCUT2D eigenvalue weighted by molar-refractivity contribution is 7.91. The van der Waals surface area contributed by atoms with Crippen LogP contribution in [0.1, 0.15) is 6.92 Å². The van der Waals surface area contributed by atoms with Crippen molar-refractivity contribution in [2.24, 2.45) is 7.05 Å². The molecule has 2 aromatic carbocycles. The molecule has 10 heteroatoms. The normalized spacial score (nSPS) is 11.5. The average molecular weight is 439 g/mol. The summed E-state index contributed by atoms with van der Waals surface area (Å²) in [7, 11) is 0.174. The highest BCUT2D eigenvalue weighted by Gasteiger charge is 2.16. The lowest BCUT2D eigenvalue weighted by Gasteiger charge is -2.11. The van der Waals surface area contributed by atoms with Crippen molar-refractivity contribution < 1.29 is 13.2 Å². The zero-order valence-corrected chi connectivity index (χ0v) is 17.9. The highest BCUT2D eigenvalue weighted by atomic mass is 35.5. The fourth-order valence-corrected chi connectivity index (χ4v) is 4.69. The van der Waals surface area contributed by atoms with Gasteiger partial charge in [-0.25, -0.2) is 18.4 Å². The fourth-order valence-electron chi connectivity index (χ4n) is 2.90. The standard InChI is InChI=1S/C18H18N4O3S2.ClH/c1-4-27(23,24)11-5-7-14(25-3)12(9-11)20-18-21-17-15(26-18)8-6-13-16(17)19-10-22(13)2;/h5-10H,4H2,1-3H3,(H,20,21);1H. The van der Waals surface area contributed by atoms with Crippen molar-refractivity contribution in [3.05, 3.63) is 36.7 Å². The van der Waals surface area contributed by atoms with Gasteiger partial charge in [-0.15, -0.1) is 12.4 Å². The summed E-state index contributed by atoms with van der Waals surface area (Å²) in [4.78, 5) is 9.35. The first kappa shape index (κ1) is 20.4. The van der Waals surface area contributed by atoms with Gasteiger partial charge in [0.05, 0.1) is 40.0 Å². The van der Waals surface area contributed by atoms with Crippen LogP contribution < -0.4 is 10.1 Å².